The molecular weight excluding hydrogens is 298 g/mol. The molecule has 0 atom stereocenters. The molecule has 0 aromatic heterocycles. The molecule has 24 heavy (non-hydrogen) atoms. The number of benzene rings is 1. The first-order valence-corrected chi connectivity index (χ1v) is 9.51. The third kappa shape index (κ3) is 4.50. The molecule has 2 aliphatic rings. The number of nitrogens with one attached hydrogen (secondary N) is 2. The molecule has 0 aliphatic heterocycles. The minimum atomic E-state index is -0.548. The van der Waals surface area contributed by atoms with Crippen molar-refractivity contribution >= 4 is 5.96 Å². The molecule has 0 bridgehead atoms. The third-order valence-electron chi connectivity index (χ3n) is 5.50. The molecule has 2 aliphatic carbocycles. The number of hydrogen-bond donors (Lipinski definition) is 3. The van der Waals surface area contributed by atoms with Crippen LogP contribution in [0.3, 0.4) is 0 Å². The highest BCUT2D eigenvalue weighted by molar-refractivity contribution is 5.80. The van der Waals surface area contributed by atoms with Crippen LogP contribution < -0.4 is 10.6 Å². The van der Waals surface area contributed by atoms with E-state index in [1.165, 1.54) is 31.2 Å². The molecule has 0 unspecified atom stereocenters. The molecule has 0 spiro atoms. The number of rotatable bonds is 5. The van der Waals surface area contributed by atoms with Gasteiger partial charge in [0.15, 0.2) is 5.96 Å². The lowest BCUT2D eigenvalue weighted by atomic mass is 9.80. The molecular formula is C20H31N3O. The van der Waals surface area contributed by atoms with Crippen LogP contribution in [0.4, 0.5) is 0 Å². The monoisotopic (exact) mass is 329 g/mol. The van der Waals surface area contributed by atoms with Gasteiger partial charge >= 0.3 is 0 Å². The molecule has 4 heteroatoms. The third-order valence-corrected chi connectivity index (χ3v) is 5.50. The minimum absolute atomic E-state index is 0.485. The van der Waals surface area contributed by atoms with Crippen molar-refractivity contribution in [3.05, 3.63) is 35.9 Å². The predicted octanol–water partition coefficient (Wildman–Crippen LogP) is 3.18. The van der Waals surface area contributed by atoms with Crippen LogP contribution in [0.2, 0.25) is 0 Å². The largest absolute Gasteiger partial charge is 0.388 e. The summed E-state index contributed by atoms with van der Waals surface area (Å²) in [6.45, 7) is 3.45. The van der Waals surface area contributed by atoms with Crippen molar-refractivity contribution in [2.45, 2.75) is 69.4 Å². The second kappa shape index (κ2) is 8.02. The molecule has 1 aromatic rings. The van der Waals surface area contributed by atoms with Gasteiger partial charge in [0.1, 0.15) is 0 Å². The average Bonchev–Trinajstić information content (AvgIpc) is 2.60. The molecule has 3 rings (SSSR count). The Morgan fingerprint density at radius 3 is 2.46 bits per heavy atom. The van der Waals surface area contributed by atoms with Gasteiger partial charge < -0.3 is 15.7 Å². The van der Waals surface area contributed by atoms with E-state index in [1.807, 2.05) is 0 Å². The van der Waals surface area contributed by atoms with Gasteiger partial charge in [-0.3, -0.25) is 4.99 Å². The normalized spacial score (nSPS) is 26.5. The van der Waals surface area contributed by atoms with Crippen LogP contribution >= 0.6 is 0 Å². The summed E-state index contributed by atoms with van der Waals surface area (Å²) in [5, 5.41) is 17.1. The standard InChI is InChI=1S/C20H31N3O/c1-2-21-19(22-15-20(24)13-6-14-20)23-18-11-9-17(10-12-18)16-7-4-3-5-8-16/h3-5,7-8,17-18,24H,2,6,9-15H2,1H3,(H2,21,22,23). The summed E-state index contributed by atoms with van der Waals surface area (Å²) >= 11 is 0. The first kappa shape index (κ1) is 17.3. The quantitative estimate of drug-likeness (QED) is 0.574. The number of aliphatic hydroxyl groups is 1. The Morgan fingerprint density at radius 1 is 1.17 bits per heavy atom. The maximum absolute atomic E-state index is 10.2. The van der Waals surface area contributed by atoms with Gasteiger partial charge in [-0.15, -0.1) is 0 Å². The number of aliphatic imine (C=N–C) groups is 1. The topological polar surface area (TPSA) is 56.7 Å². The zero-order valence-electron chi connectivity index (χ0n) is 14.8. The first-order valence-electron chi connectivity index (χ1n) is 9.51. The molecule has 1 aromatic carbocycles. The fourth-order valence-corrected chi connectivity index (χ4v) is 3.78. The van der Waals surface area contributed by atoms with Crippen molar-refractivity contribution in [2.75, 3.05) is 13.1 Å². The summed E-state index contributed by atoms with van der Waals surface area (Å²) in [6.07, 6.45) is 7.70. The van der Waals surface area contributed by atoms with Crippen LogP contribution in [-0.4, -0.2) is 35.8 Å². The lowest BCUT2D eigenvalue weighted by molar-refractivity contribution is -0.0236. The van der Waals surface area contributed by atoms with Crippen molar-refractivity contribution in [3.8, 4) is 0 Å². The van der Waals surface area contributed by atoms with Crippen LogP contribution in [0.1, 0.15) is 63.4 Å². The Balaban J connectivity index is 1.50. The highest BCUT2D eigenvalue weighted by atomic mass is 16.3. The summed E-state index contributed by atoms with van der Waals surface area (Å²) in [6, 6.07) is 11.4. The van der Waals surface area contributed by atoms with E-state index < -0.39 is 5.60 Å². The van der Waals surface area contributed by atoms with Gasteiger partial charge in [0.2, 0.25) is 0 Å². The molecule has 4 nitrogen and oxygen atoms in total. The van der Waals surface area contributed by atoms with Crippen LogP contribution in [-0.2, 0) is 0 Å². The van der Waals surface area contributed by atoms with Crippen molar-refractivity contribution in [2.24, 2.45) is 4.99 Å². The van der Waals surface area contributed by atoms with E-state index in [4.69, 9.17) is 0 Å². The number of guanidine groups is 1. The second-order valence-corrected chi connectivity index (χ2v) is 7.38. The smallest absolute Gasteiger partial charge is 0.191 e. The second-order valence-electron chi connectivity index (χ2n) is 7.38. The van der Waals surface area contributed by atoms with Crippen LogP contribution in [0, 0.1) is 0 Å². The fraction of sp³-hybridized carbons (Fsp3) is 0.650. The average molecular weight is 329 g/mol. The molecule has 2 saturated carbocycles. The molecule has 2 fully saturated rings. The lowest BCUT2D eigenvalue weighted by Gasteiger charge is -2.35. The summed E-state index contributed by atoms with van der Waals surface area (Å²) in [7, 11) is 0. The molecule has 0 heterocycles. The van der Waals surface area contributed by atoms with E-state index >= 15 is 0 Å². The zero-order valence-corrected chi connectivity index (χ0v) is 14.8. The van der Waals surface area contributed by atoms with E-state index in [0.717, 1.165) is 31.8 Å². The van der Waals surface area contributed by atoms with Gasteiger partial charge in [-0.2, -0.15) is 0 Å². The Bertz CT molecular complexity index is 531. The van der Waals surface area contributed by atoms with Gasteiger partial charge in [-0.25, -0.2) is 0 Å². The van der Waals surface area contributed by atoms with Crippen molar-refractivity contribution in [1.82, 2.24) is 10.6 Å². The van der Waals surface area contributed by atoms with E-state index in [-0.39, 0.29) is 0 Å². The van der Waals surface area contributed by atoms with E-state index in [9.17, 15) is 5.11 Å². The van der Waals surface area contributed by atoms with Crippen LogP contribution in [0.5, 0.6) is 0 Å². The fourth-order valence-electron chi connectivity index (χ4n) is 3.78. The van der Waals surface area contributed by atoms with E-state index in [1.54, 1.807) is 0 Å². The zero-order chi connectivity index (χ0) is 16.8. The molecule has 132 valence electrons. The van der Waals surface area contributed by atoms with Crippen molar-refractivity contribution < 1.29 is 5.11 Å². The summed E-state index contributed by atoms with van der Waals surface area (Å²) < 4.78 is 0. The summed E-state index contributed by atoms with van der Waals surface area (Å²) in [5.41, 5.74) is 0.927. The van der Waals surface area contributed by atoms with Gasteiger partial charge in [0.05, 0.1) is 12.1 Å². The van der Waals surface area contributed by atoms with Crippen molar-refractivity contribution in [3.63, 3.8) is 0 Å². The minimum Gasteiger partial charge on any atom is -0.388 e. The summed E-state index contributed by atoms with van der Waals surface area (Å²) in [4.78, 5) is 4.62. The first-order chi connectivity index (χ1) is 11.7. The van der Waals surface area contributed by atoms with Gasteiger partial charge in [0, 0.05) is 12.6 Å². The Hall–Kier alpha value is -1.55. The Morgan fingerprint density at radius 2 is 1.88 bits per heavy atom. The number of hydrogen-bond acceptors (Lipinski definition) is 2. The molecule has 3 N–H and O–H groups in total. The SMILES string of the molecule is CCNC(=NCC1(O)CCC1)NC1CCC(c2ccccc2)CC1. The highest BCUT2D eigenvalue weighted by Gasteiger charge is 2.34. The van der Waals surface area contributed by atoms with E-state index in [0.29, 0.717) is 18.5 Å². The maximum atomic E-state index is 10.2. The van der Waals surface area contributed by atoms with Crippen LogP contribution in [0.25, 0.3) is 0 Å². The molecule has 0 amide bonds. The van der Waals surface area contributed by atoms with Crippen LogP contribution in [0.15, 0.2) is 35.3 Å². The summed E-state index contributed by atoms with van der Waals surface area (Å²) in [5.74, 6) is 1.56. The molecule has 0 radical (unpaired) electrons. The van der Waals surface area contributed by atoms with Gasteiger partial charge in [0.25, 0.3) is 0 Å². The maximum Gasteiger partial charge on any atom is 0.191 e. The van der Waals surface area contributed by atoms with Gasteiger partial charge in [-0.1, -0.05) is 30.3 Å². The predicted molar refractivity (Wildman–Crippen MR) is 99.4 cm³/mol. The number of nitrogens with zero attached hydrogens (tertiary/aromatic N) is 1. The van der Waals surface area contributed by atoms with Crippen molar-refractivity contribution in [1.29, 1.82) is 0 Å². The van der Waals surface area contributed by atoms with Gasteiger partial charge in [-0.05, 0) is 63.4 Å². The molecule has 0 saturated heterocycles. The Kier molecular flexibility index (Phi) is 5.77. The lowest BCUT2D eigenvalue weighted by Crippen LogP contribution is -2.46. The Labute approximate surface area is 145 Å². The van der Waals surface area contributed by atoms with E-state index in [2.05, 4.69) is 52.9 Å². The highest BCUT2D eigenvalue weighted by Crippen LogP contribution is 2.33.